The quantitative estimate of drug-likeness (QED) is 0.379. The third-order valence-electron chi connectivity index (χ3n) is 7.39. The highest BCUT2D eigenvalue weighted by molar-refractivity contribution is 6.33. The molecule has 2 fully saturated rings. The van der Waals surface area contributed by atoms with Crippen molar-refractivity contribution >= 4 is 40.2 Å². The molecule has 32 heavy (non-hydrogen) atoms. The van der Waals surface area contributed by atoms with Gasteiger partial charge in [0.25, 0.3) is 0 Å². The van der Waals surface area contributed by atoms with Gasteiger partial charge in [0.05, 0.1) is 16.4 Å². The number of nitrogens with two attached hydrogens (primary N) is 1. The number of pyridine rings is 1. The Bertz CT molecular complexity index is 1100. The third kappa shape index (κ3) is 3.93. The topological polar surface area (TPSA) is 63.0 Å². The first kappa shape index (κ1) is 21.1. The number of fused-ring (bicyclic) bond motifs is 1. The highest BCUT2D eigenvalue weighted by atomic mass is 35.5. The molecule has 4 N–H and O–H groups in total. The Balaban J connectivity index is 1.32. The van der Waals surface area contributed by atoms with E-state index in [1.165, 1.54) is 31.2 Å². The molecule has 0 aliphatic heterocycles. The summed E-state index contributed by atoms with van der Waals surface area (Å²) in [7, 11) is 0. The summed E-state index contributed by atoms with van der Waals surface area (Å²) in [6.07, 6.45) is 7.01. The van der Waals surface area contributed by atoms with Gasteiger partial charge in [0, 0.05) is 17.6 Å². The number of halogens is 1. The summed E-state index contributed by atoms with van der Waals surface area (Å²) in [5, 5.41) is 7.51. The fourth-order valence-electron chi connectivity index (χ4n) is 6.19. The van der Waals surface area contributed by atoms with Crippen molar-refractivity contribution in [3.63, 3.8) is 0 Å². The van der Waals surface area contributed by atoms with Gasteiger partial charge in [-0.2, -0.15) is 0 Å². The third-order valence-corrected chi connectivity index (χ3v) is 7.70. The lowest BCUT2D eigenvalue weighted by Crippen LogP contribution is -2.25. The minimum atomic E-state index is 0.321. The zero-order chi connectivity index (χ0) is 22.3. The highest BCUT2D eigenvalue weighted by Gasteiger charge is 2.51. The first-order chi connectivity index (χ1) is 15.4. The number of benzene rings is 2. The lowest BCUT2D eigenvalue weighted by Gasteiger charge is -2.31. The molecule has 0 amide bonds. The van der Waals surface area contributed by atoms with Crippen molar-refractivity contribution < 1.29 is 0 Å². The van der Waals surface area contributed by atoms with E-state index in [9.17, 15) is 0 Å². The van der Waals surface area contributed by atoms with Gasteiger partial charge in [0.2, 0.25) is 0 Å². The van der Waals surface area contributed by atoms with Crippen LogP contribution in [0.4, 0.5) is 28.6 Å². The SMILES string of the molecule is CC1CC2CC(C)CC2(c2ccc(Nc3ccc(Nc4ncccc4N)cc3)c(Cl)c2)C1. The van der Waals surface area contributed by atoms with Crippen molar-refractivity contribution in [2.75, 3.05) is 16.4 Å². The number of hydrogen-bond acceptors (Lipinski definition) is 4. The molecule has 0 radical (unpaired) electrons. The first-order valence-corrected chi connectivity index (χ1v) is 12.0. The van der Waals surface area contributed by atoms with E-state index in [0.717, 1.165) is 39.8 Å². The fraction of sp³-hybridized carbons (Fsp3) is 0.370. The minimum absolute atomic E-state index is 0.321. The van der Waals surface area contributed by atoms with Crippen LogP contribution < -0.4 is 16.4 Å². The summed E-state index contributed by atoms with van der Waals surface area (Å²) in [5.41, 5.74) is 11.2. The van der Waals surface area contributed by atoms with Crippen LogP contribution in [0.15, 0.2) is 60.8 Å². The Morgan fingerprint density at radius 1 is 0.938 bits per heavy atom. The number of rotatable bonds is 5. The summed E-state index contributed by atoms with van der Waals surface area (Å²) in [5.74, 6) is 3.07. The van der Waals surface area contributed by atoms with E-state index < -0.39 is 0 Å². The van der Waals surface area contributed by atoms with Crippen molar-refractivity contribution in [3.8, 4) is 0 Å². The number of nitrogens with one attached hydrogen (secondary N) is 2. The zero-order valence-corrected chi connectivity index (χ0v) is 19.5. The van der Waals surface area contributed by atoms with Crippen LogP contribution >= 0.6 is 11.6 Å². The summed E-state index contributed by atoms with van der Waals surface area (Å²) >= 11 is 6.78. The van der Waals surface area contributed by atoms with E-state index in [2.05, 4.69) is 47.7 Å². The molecule has 1 heterocycles. The Morgan fingerprint density at radius 2 is 1.59 bits per heavy atom. The van der Waals surface area contributed by atoms with Crippen LogP contribution in [-0.4, -0.2) is 4.98 Å². The van der Waals surface area contributed by atoms with Crippen LogP contribution in [0.3, 0.4) is 0 Å². The van der Waals surface area contributed by atoms with E-state index in [1.54, 1.807) is 6.20 Å². The van der Waals surface area contributed by atoms with Crippen molar-refractivity contribution in [3.05, 3.63) is 71.4 Å². The summed E-state index contributed by atoms with van der Waals surface area (Å²) in [6, 6.07) is 18.4. The van der Waals surface area contributed by atoms with Gasteiger partial charge in [-0.3, -0.25) is 0 Å². The average Bonchev–Trinajstić information content (AvgIpc) is 3.24. The number of nitrogens with zero attached hydrogens (tertiary/aromatic N) is 1. The molecule has 166 valence electrons. The molecular formula is C27H31ClN4. The van der Waals surface area contributed by atoms with Crippen LogP contribution in [0, 0.1) is 17.8 Å². The average molecular weight is 447 g/mol. The van der Waals surface area contributed by atoms with Crippen LogP contribution in [-0.2, 0) is 5.41 Å². The second kappa shape index (κ2) is 8.32. The molecule has 0 spiro atoms. The molecule has 3 aromatic rings. The molecule has 0 bridgehead atoms. The molecule has 4 nitrogen and oxygen atoms in total. The smallest absolute Gasteiger partial charge is 0.153 e. The van der Waals surface area contributed by atoms with Crippen LogP contribution in [0.5, 0.6) is 0 Å². The normalized spacial score (nSPS) is 26.7. The van der Waals surface area contributed by atoms with Crippen molar-refractivity contribution in [1.82, 2.24) is 4.98 Å². The van der Waals surface area contributed by atoms with Crippen LogP contribution in [0.2, 0.25) is 5.02 Å². The Labute approximate surface area is 195 Å². The fourth-order valence-corrected chi connectivity index (χ4v) is 6.42. The van der Waals surface area contributed by atoms with Gasteiger partial charge in [-0.1, -0.05) is 31.5 Å². The van der Waals surface area contributed by atoms with Gasteiger partial charge < -0.3 is 16.4 Å². The predicted octanol–water partition coefficient (Wildman–Crippen LogP) is 7.52. The molecule has 2 unspecified atom stereocenters. The van der Waals surface area contributed by atoms with Crippen molar-refractivity contribution in [1.29, 1.82) is 0 Å². The number of nitrogen functional groups attached to an aromatic ring is 1. The molecule has 2 saturated carbocycles. The maximum Gasteiger partial charge on any atom is 0.153 e. The maximum atomic E-state index is 6.78. The lowest BCUT2D eigenvalue weighted by molar-refractivity contribution is 0.364. The number of hydrogen-bond donors (Lipinski definition) is 3. The molecule has 1 aromatic heterocycles. The second-order valence-corrected chi connectivity index (χ2v) is 10.3. The monoisotopic (exact) mass is 446 g/mol. The van der Waals surface area contributed by atoms with Crippen molar-refractivity contribution in [2.24, 2.45) is 17.8 Å². The Morgan fingerprint density at radius 3 is 2.22 bits per heavy atom. The van der Waals surface area contributed by atoms with Crippen LogP contribution in [0.25, 0.3) is 0 Å². The summed E-state index contributed by atoms with van der Waals surface area (Å²) < 4.78 is 0. The zero-order valence-electron chi connectivity index (χ0n) is 18.7. The predicted molar refractivity (Wildman–Crippen MR) is 135 cm³/mol. The molecule has 2 aliphatic carbocycles. The Kier molecular flexibility index (Phi) is 5.50. The molecule has 2 aliphatic rings. The largest absolute Gasteiger partial charge is 0.396 e. The van der Waals surface area contributed by atoms with E-state index in [0.29, 0.717) is 16.9 Å². The van der Waals surface area contributed by atoms with E-state index >= 15 is 0 Å². The molecule has 2 aromatic carbocycles. The van der Waals surface area contributed by atoms with Gasteiger partial charge in [0.1, 0.15) is 0 Å². The number of anilines is 5. The number of aromatic nitrogens is 1. The standard InChI is InChI=1S/C27H31ClN4/c1-17-12-20-13-18(2)16-27(20,15-17)19-5-10-25(23(28)14-19)31-21-6-8-22(9-7-21)32-26-24(29)4-3-11-30-26/h3-11,14,17-18,20,31H,12-13,15-16,29H2,1-2H3,(H,30,32). The minimum Gasteiger partial charge on any atom is -0.396 e. The van der Waals surface area contributed by atoms with E-state index in [-0.39, 0.29) is 0 Å². The van der Waals surface area contributed by atoms with Gasteiger partial charge in [-0.25, -0.2) is 4.98 Å². The van der Waals surface area contributed by atoms with E-state index in [4.69, 9.17) is 17.3 Å². The molecule has 5 rings (SSSR count). The second-order valence-electron chi connectivity index (χ2n) is 9.91. The van der Waals surface area contributed by atoms with E-state index in [1.807, 2.05) is 36.4 Å². The van der Waals surface area contributed by atoms with Crippen LogP contribution in [0.1, 0.15) is 45.1 Å². The lowest BCUT2D eigenvalue weighted by atomic mass is 9.73. The molecule has 0 saturated heterocycles. The molecule has 5 heteroatoms. The molecular weight excluding hydrogens is 416 g/mol. The molecule has 2 atom stereocenters. The van der Waals surface area contributed by atoms with Crippen molar-refractivity contribution in [2.45, 2.75) is 44.9 Å². The van der Waals surface area contributed by atoms with Gasteiger partial charge >= 0.3 is 0 Å². The Hall–Kier alpha value is -2.72. The summed E-state index contributed by atoms with van der Waals surface area (Å²) in [4.78, 5) is 4.28. The summed E-state index contributed by atoms with van der Waals surface area (Å²) in [6.45, 7) is 4.81. The van der Waals surface area contributed by atoms with Gasteiger partial charge in [0.15, 0.2) is 5.82 Å². The van der Waals surface area contributed by atoms with Gasteiger partial charge in [-0.05, 0) is 103 Å². The maximum absolute atomic E-state index is 6.78. The first-order valence-electron chi connectivity index (χ1n) is 11.6. The van der Waals surface area contributed by atoms with Gasteiger partial charge in [-0.15, -0.1) is 0 Å². The highest BCUT2D eigenvalue weighted by Crippen LogP contribution is 2.59.